The van der Waals surface area contributed by atoms with Crippen molar-refractivity contribution in [1.82, 2.24) is 15.0 Å². The highest BCUT2D eigenvalue weighted by molar-refractivity contribution is 6.07. The van der Waals surface area contributed by atoms with Crippen molar-refractivity contribution in [3.05, 3.63) is 47.8 Å². The van der Waals surface area contributed by atoms with Gasteiger partial charge in [0.2, 0.25) is 5.78 Å². The van der Waals surface area contributed by atoms with E-state index in [4.69, 9.17) is 5.11 Å². The van der Waals surface area contributed by atoms with E-state index >= 15 is 0 Å². The maximum absolute atomic E-state index is 11.9. The molecule has 6 nitrogen and oxygen atoms in total. The molecule has 1 N–H and O–H groups in total. The fraction of sp³-hybridized carbons (Fsp3) is 0.0909. The number of benzene rings is 1. The van der Waals surface area contributed by atoms with Gasteiger partial charge in [-0.1, -0.05) is 35.5 Å². The number of hydrogen-bond donors (Lipinski definition) is 1. The number of rotatable bonds is 4. The number of aliphatic carboxylic acids is 1. The first kappa shape index (κ1) is 11.0. The Balaban J connectivity index is 2.21. The molecule has 0 aliphatic rings. The number of nitrogens with zero attached hydrogens (tertiary/aromatic N) is 3. The number of ketones is 1. The second kappa shape index (κ2) is 4.56. The lowest BCUT2D eigenvalue weighted by molar-refractivity contribution is -0.137. The minimum atomic E-state index is -1.03. The molecule has 0 saturated carbocycles. The normalized spacial score (nSPS) is 10.1. The van der Waals surface area contributed by atoms with Crippen LogP contribution in [0.4, 0.5) is 0 Å². The summed E-state index contributed by atoms with van der Waals surface area (Å²) < 4.78 is 1.11. The molecule has 1 aromatic carbocycles. The molecular formula is C11H9N3O3. The molecule has 0 aliphatic carbocycles. The van der Waals surface area contributed by atoms with E-state index in [1.807, 2.05) is 0 Å². The highest BCUT2D eigenvalue weighted by Gasteiger charge is 2.13. The second-order valence-corrected chi connectivity index (χ2v) is 3.39. The number of hydrogen-bond acceptors (Lipinski definition) is 4. The fourth-order valence-corrected chi connectivity index (χ4v) is 1.36. The Kier molecular flexibility index (Phi) is 2.95. The van der Waals surface area contributed by atoms with Gasteiger partial charge in [-0.05, 0) is 0 Å². The minimum Gasteiger partial charge on any atom is -0.480 e. The average Bonchev–Trinajstić information content (AvgIpc) is 2.77. The SMILES string of the molecule is O=C(O)Cn1cc(C(=O)c2ccccc2)nn1. The molecule has 0 saturated heterocycles. The third-order valence-electron chi connectivity index (χ3n) is 2.10. The van der Waals surface area contributed by atoms with Gasteiger partial charge in [-0.15, -0.1) is 5.10 Å². The summed E-state index contributed by atoms with van der Waals surface area (Å²) in [4.78, 5) is 22.3. The van der Waals surface area contributed by atoms with Crippen molar-refractivity contribution in [2.24, 2.45) is 0 Å². The molecule has 1 heterocycles. The van der Waals surface area contributed by atoms with Crippen molar-refractivity contribution >= 4 is 11.8 Å². The van der Waals surface area contributed by atoms with Crippen LogP contribution in [0, 0.1) is 0 Å². The molecule has 6 heteroatoms. The Labute approximate surface area is 96.5 Å². The summed E-state index contributed by atoms with van der Waals surface area (Å²) in [5.41, 5.74) is 0.632. The van der Waals surface area contributed by atoms with Crippen LogP contribution in [0.25, 0.3) is 0 Å². The van der Waals surface area contributed by atoms with Gasteiger partial charge in [-0.2, -0.15) is 0 Å². The monoisotopic (exact) mass is 231 g/mol. The number of aromatic nitrogens is 3. The Morgan fingerprint density at radius 2 is 1.94 bits per heavy atom. The van der Waals surface area contributed by atoms with Gasteiger partial charge in [0.15, 0.2) is 5.69 Å². The van der Waals surface area contributed by atoms with E-state index in [9.17, 15) is 9.59 Å². The van der Waals surface area contributed by atoms with Crippen molar-refractivity contribution in [2.45, 2.75) is 6.54 Å². The summed E-state index contributed by atoms with van der Waals surface area (Å²) in [6, 6.07) is 8.62. The molecule has 0 amide bonds. The van der Waals surface area contributed by atoms with Crippen molar-refractivity contribution in [3.63, 3.8) is 0 Å². The summed E-state index contributed by atoms with van der Waals surface area (Å²) in [5.74, 6) is -1.31. The van der Waals surface area contributed by atoms with Crippen molar-refractivity contribution in [1.29, 1.82) is 0 Å². The Morgan fingerprint density at radius 1 is 1.24 bits per heavy atom. The minimum absolute atomic E-state index is 0.137. The van der Waals surface area contributed by atoms with Crippen molar-refractivity contribution in [3.8, 4) is 0 Å². The molecule has 0 spiro atoms. The largest absolute Gasteiger partial charge is 0.480 e. The van der Waals surface area contributed by atoms with Gasteiger partial charge in [0.25, 0.3) is 0 Å². The van der Waals surface area contributed by atoms with E-state index < -0.39 is 5.97 Å². The van der Waals surface area contributed by atoms with E-state index in [-0.39, 0.29) is 18.0 Å². The summed E-state index contributed by atoms with van der Waals surface area (Å²) in [5, 5.41) is 15.8. The molecule has 0 unspecified atom stereocenters. The first-order valence-corrected chi connectivity index (χ1v) is 4.88. The van der Waals surface area contributed by atoms with Crippen LogP contribution in [0.3, 0.4) is 0 Å². The summed E-state index contributed by atoms with van der Waals surface area (Å²) in [6.07, 6.45) is 1.32. The van der Waals surface area contributed by atoms with Crippen LogP contribution in [0.15, 0.2) is 36.5 Å². The smallest absolute Gasteiger partial charge is 0.325 e. The third-order valence-corrected chi connectivity index (χ3v) is 2.10. The highest BCUT2D eigenvalue weighted by atomic mass is 16.4. The van der Waals surface area contributed by atoms with Gasteiger partial charge < -0.3 is 5.11 Å². The molecule has 0 bridgehead atoms. The summed E-state index contributed by atoms with van der Waals surface area (Å²) in [7, 11) is 0. The number of carbonyl (C=O) groups excluding carboxylic acids is 1. The predicted molar refractivity (Wildman–Crippen MR) is 57.5 cm³/mol. The molecule has 1 aromatic heterocycles. The number of carboxylic acids is 1. The molecule has 0 fully saturated rings. The van der Waals surface area contributed by atoms with Gasteiger partial charge in [-0.25, -0.2) is 4.68 Å². The van der Waals surface area contributed by atoms with Gasteiger partial charge in [0.1, 0.15) is 6.54 Å². The van der Waals surface area contributed by atoms with E-state index in [0.717, 1.165) is 4.68 Å². The van der Waals surface area contributed by atoms with Crippen LogP contribution in [0.2, 0.25) is 0 Å². The van der Waals surface area contributed by atoms with Crippen LogP contribution in [-0.4, -0.2) is 31.9 Å². The number of carbonyl (C=O) groups is 2. The van der Waals surface area contributed by atoms with E-state index in [1.54, 1.807) is 30.3 Å². The van der Waals surface area contributed by atoms with E-state index in [1.165, 1.54) is 6.20 Å². The molecule has 86 valence electrons. The molecule has 2 aromatic rings. The molecule has 2 rings (SSSR count). The molecular weight excluding hydrogens is 222 g/mol. The van der Waals surface area contributed by atoms with Gasteiger partial charge in [0.05, 0.1) is 6.20 Å². The molecule has 0 radical (unpaired) electrons. The zero-order valence-electron chi connectivity index (χ0n) is 8.78. The van der Waals surface area contributed by atoms with Crippen LogP contribution in [0.1, 0.15) is 16.1 Å². The van der Waals surface area contributed by atoms with Gasteiger partial charge in [0, 0.05) is 5.56 Å². The lowest BCUT2D eigenvalue weighted by atomic mass is 10.1. The standard InChI is InChI=1S/C11H9N3O3/c15-10(16)7-14-6-9(12-13-14)11(17)8-4-2-1-3-5-8/h1-6H,7H2,(H,15,16). The average molecular weight is 231 g/mol. The maximum atomic E-state index is 11.9. The molecule has 0 atom stereocenters. The van der Waals surface area contributed by atoms with Crippen LogP contribution in [-0.2, 0) is 11.3 Å². The molecule has 0 aliphatic heterocycles. The Bertz CT molecular complexity index is 548. The first-order chi connectivity index (χ1) is 8.16. The quantitative estimate of drug-likeness (QED) is 0.778. The summed E-state index contributed by atoms with van der Waals surface area (Å²) in [6.45, 7) is -0.310. The van der Waals surface area contributed by atoms with Gasteiger partial charge >= 0.3 is 5.97 Å². The van der Waals surface area contributed by atoms with E-state index in [2.05, 4.69) is 10.3 Å². The summed E-state index contributed by atoms with van der Waals surface area (Å²) >= 11 is 0. The topological polar surface area (TPSA) is 85.1 Å². The first-order valence-electron chi connectivity index (χ1n) is 4.88. The van der Waals surface area contributed by atoms with Crippen LogP contribution in [0.5, 0.6) is 0 Å². The Morgan fingerprint density at radius 3 is 2.59 bits per heavy atom. The third kappa shape index (κ3) is 2.54. The van der Waals surface area contributed by atoms with Crippen molar-refractivity contribution < 1.29 is 14.7 Å². The zero-order chi connectivity index (χ0) is 12.3. The zero-order valence-corrected chi connectivity index (χ0v) is 8.78. The van der Waals surface area contributed by atoms with Crippen LogP contribution >= 0.6 is 0 Å². The fourth-order valence-electron chi connectivity index (χ4n) is 1.36. The second-order valence-electron chi connectivity index (χ2n) is 3.39. The van der Waals surface area contributed by atoms with Gasteiger partial charge in [-0.3, -0.25) is 9.59 Å². The Hall–Kier alpha value is -2.50. The maximum Gasteiger partial charge on any atom is 0.325 e. The predicted octanol–water partition coefficient (Wildman–Crippen LogP) is 0.594. The lowest BCUT2D eigenvalue weighted by Gasteiger charge is -1.95. The van der Waals surface area contributed by atoms with Crippen molar-refractivity contribution in [2.75, 3.05) is 0 Å². The van der Waals surface area contributed by atoms with Crippen LogP contribution < -0.4 is 0 Å². The highest BCUT2D eigenvalue weighted by Crippen LogP contribution is 2.06. The lowest BCUT2D eigenvalue weighted by Crippen LogP contribution is -2.09. The van der Waals surface area contributed by atoms with E-state index in [0.29, 0.717) is 5.56 Å². The number of carboxylic acid groups (broad SMARTS) is 1. The molecule has 17 heavy (non-hydrogen) atoms.